The molecule has 0 aromatic heterocycles. The molecular formula is C24H32O3. The Balaban J connectivity index is 1.50. The summed E-state index contributed by atoms with van der Waals surface area (Å²) in [4.78, 5) is 11.6. The van der Waals surface area contributed by atoms with Gasteiger partial charge in [-0.05, 0) is 74.5 Å². The fourth-order valence-corrected chi connectivity index (χ4v) is 4.77. The predicted octanol–water partition coefficient (Wildman–Crippen LogP) is 5.49. The van der Waals surface area contributed by atoms with Crippen LogP contribution in [0.5, 0.6) is 5.75 Å². The van der Waals surface area contributed by atoms with Gasteiger partial charge in [-0.2, -0.15) is 0 Å². The highest BCUT2D eigenvalue weighted by Crippen LogP contribution is 2.50. The number of esters is 1. The minimum absolute atomic E-state index is 0.127. The van der Waals surface area contributed by atoms with E-state index in [1.165, 1.54) is 58.5 Å². The van der Waals surface area contributed by atoms with Crippen molar-refractivity contribution in [3.8, 4) is 17.6 Å². The van der Waals surface area contributed by atoms with E-state index in [2.05, 4.69) is 11.8 Å². The maximum Gasteiger partial charge on any atom is 0.307 e. The molecule has 2 fully saturated rings. The Morgan fingerprint density at radius 1 is 1.15 bits per heavy atom. The summed E-state index contributed by atoms with van der Waals surface area (Å²) in [5.74, 6) is 7.24. The van der Waals surface area contributed by atoms with E-state index in [0.29, 0.717) is 11.3 Å². The largest absolute Gasteiger partial charge is 0.493 e. The summed E-state index contributed by atoms with van der Waals surface area (Å²) in [5.41, 5.74) is 1.72. The molecule has 1 aromatic rings. The van der Waals surface area contributed by atoms with Crippen molar-refractivity contribution in [1.29, 1.82) is 0 Å². The molecule has 146 valence electrons. The Hall–Kier alpha value is -1.95. The highest BCUT2D eigenvalue weighted by molar-refractivity contribution is 5.71. The molecule has 0 radical (unpaired) electrons. The van der Waals surface area contributed by atoms with Crippen molar-refractivity contribution < 1.29 is 14.3 Å². The van der Waals surface area contributed by atoms with Gasteiger partial charge in [0.1, 0.15) is 5.75 Å². The zero-order chi connectivity index (χ0) is 19.1. The van der Waals surface area contributed by atoms with Crippen molar-refractivity contribution in [2.24, 2.45) is 11.3 Å². The molecule has 0 N–H and O–H groups in total. The molecule has 2 saturated carbocycles. The van der Waals surface area contributed by atoms with E-state index in [4.69, 9.17) is 9.47 Å². The molecule has 0 amide bonds. The average Bonchev–Trinajstić information content (AvgIpc) is 3.15. The summed E-state index contributed by atoms with van der Waals surface area (Å²) in [6, 6.07) is 8.03. The number of methoxy groups -OCH3 is 1. The van der Waals surface area contributed by atoms with Crippen molar-refractivity contribution in [2.45, 2.75) is 70.6 Å². The second kappa shape index (κ2) is 9.31. The number of carbonyl (C=O) groups excluding carboxylic acids is 1. The Labute approximate surface area is 163 Å². The van der Waals surface area contributed by atoms with E-state index in [9.17, 15) is 4.79 Å². The van der Waals surface area contributed by atoms with Gasteiger partial charge >= 0.3 is 5.97 Å². The minimum atomic E-state index is -0.236. The van der Waals surface area contributed by atoms with Crippen molar-refractivity contribution in [1.82, 2.24) is 0 Å². The molecule has 1 aromatic carbocycles. The predicted molar refractivity (Wildman–Crippen MR) is 108 cm³/mol. The van der Waals surface area contributed by atoms with Crippen LogP contribution < -0.4 is 4.74 Å². The van der Waals surface area contributed by atoms with Crippen LogP contribution in [0.1, 0.15) is 76.2 Å². The first-order valence-corrected chi connectivity index (χ1v) is 10.4. The number of hydrogen-bond donors (Lipinski definition) is 0. The number of rotatable bonds is 6. The molecule has 0 bridgehead atoms. The SMILES string of the molecule is CC#CC(CC(=O)OC)c1ccc(OCC2CCC3(CCCC3)CC2)cc1. The molecule has 0 heterocycles. The van der Waals surface area contributed by atoms with Crippen LogP contribution in [0.25, 0.3) is 0 Å². The van der Waals surface area contributed by atoms with Crippen molar-refractivity contribution in [2.75, 3.05) is 13.7 Å². The summed E-state index contributed by atoms with van der Waals surface area (Å²) >= 11 is 0. The summed E-state index contributed by atoms with van der Waals surface area (Å²) in [7, 11) is 1.41. The number of hydrogen-bond acceptors (Lipinski definition) is 3. The van der Waals surface area contributed by atoms with Gasteiger partial charge in [-0.1, -0.05) is 30.9 Å². The molecule has 1 atom stereocenters. The summed E-state index contributed by atoms with van der Waals surface area (Å²) in [5, 5.41) is 0. The van der Waals surface area contributed by atoms with Gasteiger partial charge in [0, 0.05) is 0 Å². The Bertz CT molecular complexity index is 664. The van der Waals surface area contributed by atoms with Crippen LogP contribution in [0.2, 0.25) is 0 Å². The van der Waals surface area contributed by atoms with E-state index in [0.717, 1.165) is 17.9 Å². The highest BCUT2D eigenvalue weighted by Gasteiger charge is 2.37. The lowest BCUT2D eigenvalue weighted by atomic mass is 9.69. The van der Waals surface area contributed by atoms with Crippen LogP contribution in [-0.4, -0.2) is 19.7 Å². The molecule has 2 aliphatic carbocycles. The third-order valence-corrected chi connectivity index (χ3v) is 6.52. The van der Waals surface area contributed by atoms with Crippen molar-refractivity contribution >= 4 is 5.97 Å². The smallest absolute Gasteiger partial charge is 0.307 e. The number of carbonyl (C=O) groups is 1. The van der Waals surface area contributed by atoms with Gasteiger partial charge < -0.3 is 9.47 Å². The molecular weight excluding hydrogens is 336 g/mol. The maximum atomic E-state index is 11.6. The lowest BCUT2D eigenvalue weighted by Crippen LogP contribution is -2.27. The second-order valence-electron chi connectivity index (χ2n) is 8.26. The Morgan fingerprint density at radius 2 is 1.81 bits per heavy atom. The van der Waals surface area contributed by atoms with Crippen LogP contribution in [-0.2, 0) is 9.53 Å². The topological polar surface area (TPSA) is 35.5 Å². The third-order valence-electron chi connectivity index (χ3n) is 6.52. The molecule has 1 spiro atoms. The van der Waals surface area contributed by atoms with E-state index >= 15 is 0 Å². The summed E-state index contributed by atoms with van der Waals surface area (Å²) in [6.07, 6.45) is 11.5. The zero-order valence-electron chi connectivity index (χ0n) is 16.8. The minimum Gasteiger partial charge on any atom is -0.493 e. The van der Waals surface area contributed by atoms with Gasteiger partial charge in [-0.3, -0.25) is 4.79 Å². The maximum absolute atomic E-state index is 11.6. The molecule has 27 heavy (non-hydrogen) atoms. The first-order valence-electron chi connectivity index (χ1n) is 10.4. The average molecular weight is 369 g/mol. The molecule has 0 aliphatic heterocycles. The quantitative estimate of drug-likeness (QED) is 0.492. The van der Waals surface area contributed by atoms with Gasteiger partial charge in [0.2, 0.25) is 0 Å². The first kappa shape index (κ1) is 19.8. The van der Waals surface area contributed by atoms with E-state index in [-0.39, 0.29) is 18.3 Å². The van der Waals surface area contributed by atoms with E-state index in [1.807, 2.05) is 24.3 Å². The van der Waals surface area contributed by atoms with Gasteiger partial charge in [0.05, 0.1) is 26.1 Å². The van der Waals surface area contributed by atoms with Gasteiger partial charge in [0.25, 0.3) is 0 Å². The monoisotopic (exact) mass is 368 g/mol. The van der Waals surface area contributed by atoms with Gasteiger partial charge in [0.15, 0.2) is 0 Å². The van der Waals surface area contributed by atoms with Crippen LogP contribution in [0.4, 0.5) is 0 Å². The molecule has 1 unspecified atom stereocenters. The molecule has 0 saturated heterocycles. The Kier molecular flexibility index (Phi) is 6.83. The number of benzene rings is 1. The van der Waals surface area contributed by atoms with Crippen LogP contribution in [0, 0.1) is 23.2 Å². The van der Waals surface area contributed by atoms with Crippen LogP contribution in [0.15, 0.2) is 24.3 Å². The molecule has 3 heteroatoms. The fraction of sp³-hybridized carbons (Fsp3) is 0.625. The Morgan fingerprint density at radius 3 is 2.41 bits per heavy atom. The second-order valence-corrected chi connectivity index (χ2v) is 8.26. The van der Waals surface area contributed by atoms with E-state index < -0.39 is 0 Å². The normalized spacial score (nSPS) is 19.9. The third kappa shape index (κ3) is 5.28. The highest BCUT2D eigenvalue weighted by atomic mass is 16.5. The van der Waals surface area contributed by atoms with Crippen molar-refractivity contribution in [3.05, 3.63) is 29.8 Å². The zero-order valence-corrected chi connectivity index (χ0v) is 16.8. The van der Waals surface area contributed by atoms with Crippen molar-refractivity contribution in [3.63, 3.8) is 0 Å². The molecule has 2 aliphatic rings. The van der Waals surface area contributed by atoms with Crippen LogP contribution >= 0.6 is 0 Å². The van der Waals surface area contributed by atoms with Gasteiger partial charge in [-0.15, -0.1) is 5.92 Å². The van der Waals surface area contributed by atoms with E-state index in [1.54, 1.807) is 6.92 Å². The molecule has 3 rings (SSSR count). The molecule has 3 nitrogen and oxygen atoms in total. The standard InChI is InChI=1S/C24H32O3/c1-3-6-21(17-23(25)26-2)20-7-9-22(10-8-20)27-18-19-11-15-24(16-12-19)13-4-5-14-24/h7-10,19,21H,4-5,11-18H2,1-2H3. The van der Waals surface area contributed by atoms with Gasteiger partial charge in [-0.25, -0.2) is 0 Å². The lowest BCUT2D eigenvalue weighted by molar-refractivity contribution is -0.140. The van der Waals surface area contributed by atoms with Crippen LogP contribution in [0.3, 0.4) is 0 Å². The lowest BCUT2D eigenvalue weighted by Gasteiger charge is -2.37. The summed E-state index contributed by atoms with van der Waals surface area (Å²) < 4.78 is 10.8. The first-order chi connectivity index (χ1) is 13.1. The fourth-order valence-electron chi connectivity index (χ4n) is 4.77. The summed E-state index contributed by atoms with van der Waals surface area (Å²) in [6.45, 7) is 2.61. The number of ether oxygens (including phenoxy) is 2.